The summed E-state index contributed by atoms with van der Waals surface area (Å²) >= 11 is 0. The molecule has 2 aromatic rings. The number of nitrogens with two attached hydrogens (primary N) is 1. The standard InChI is InChI=1S/C12H17N3/c1-12(2,8-13)10-6-4-5-9-7-14-15(3)11(9)10/h4-7H,8,13H2,1-3H3. The smallest absolute Gasteiger partial charge is 0.0716 e. The fourth-order valence-electron chi connectivity index (χ4n) is 1.89. The Labute approximate surface area is 89.9 Å². The number of hydrogen-bond acceptors (Lipinski definition) is 2. The van der Waals surface area contributed by atoms with Gasteiger partial charge in [-0.2, -0.15) is 5.10 Å². The highest BCUT2D eigenvalue weighted by atomic mass is 15.2. The number of para-hydroxylation sites is 1. The average Bonchev–Trinajstić information content (AvgIpc) is 2.60. The van der Waals surface area contributed by atoms with E-state index in [9.17, 15) is 0 Å². The molecule has 0 aliphatic carbocycles. The number of nitrogens with zero attached hydrogens (tertiary/aromatic N) is 2. The zero-order valence-electron chi connectivity index (χ0n) is 9.49. The topological polar surface area (TPSA) is 43.8 Å². The molecule has 80 valence electrons. The molecule has 1 aromatic carbocycles. The van der Waals surface area contributed by atoms with Gasteiger partial charge >= 0.3 is 0 Å². The van der Waals surface area contributed by atoms with Crippen molar-refractivity contribution in [1.82, 2.24) is 9.78 Å². The van der Waals surface area contributed by atoms with Gasteiger partial charge in [0, 0.05) is 24.4 Å². The molecule has 0 aliphatic heterocycles. The Morgan fingerprint density at radius 2 is 2.13 bits per heavy atom. The fourth-order valence-corrected chi connectivity index (χ4v) is 1.89. The molecule has 2 N–H and O–H groups in total. The Balaban J connectivity index is 2.75. The number of aromatic nitrogens is 2. The van der Waals surface area contributed by atoms with Crippen LogP contribution in [0.2, 0.25) is 0 Å². The van der Waals surface area contributed by atoms with Gasteiger partial charge in [0.2, 0.25) is 0 Å². The molecule has 0 atom stereocenters. The minimum absolute atomic E-state index is 0.00664. The van der Waals surface area contributed by atoms with Gasteiger partial charge in [0.25, 0.3) is 0 Å². The third kappa shape index (κ3) is 1.53. The molecule has 0 fully saturated rings. The molecular weight excluding hydrogens is 186 g/mol. The maximum Gasteiger partial charge on any atom is 0.0716 e. The largest absolute Gasteiger partial charge is 0.330 e. The molecule has 2 rings (SSSR count). The van der Waals surface area contributed by atoms with Gasteiger partial charge in [0.05, 0.1) is 11.7 Å². The lowest BCUT2D eigenvalue weighted by Crippen LogP contribution is -2.28. The number of benzene rings is 1. The van der Waals surface area contributed by atoms with Crippen molar-refractivity contribution in [3.8, 4) is 0 Å². The number of hydrogen-bond donors (Lipinski definition) is 1. The van der Waals surface area contributed by atoms with Crippen molar-refractivity contribution in [1.29, 1.82) is 0 Å². The Kier molecular flexibility index (Phi) is 2.27. The molecule has 3 nitrogen and oxygen atoms in total. The van der Waals surface area contributed by atoms with E-state index in [1.807, 2.05) is 17.9 Å². The predicted molar refractivity (Wildman–Crippen MR) is 62.8 cm³/mol. The zero-order chi connectivity index (χ0) is 11.1. The van der Waals surface area contributed by atoms with E-state index < -0.39 is 0 Å². The van der Waals surface area contributed by atoms with E-state index in [4.69, 9.17) is 5.73 Å². The van der Waals surface area contributed by atoms with Crippen molar-refractivity contribution in [2.75, 3.05) is 6.54 Å². The van der Waals surface area contributed by atoms with Crippen LogP contribution < -0.4 is 5.73 Å². The maximum atomic E-state index is 5.82. The van der Waals surface area contributed by atoms with Gasteiger partial charge in [-0.3, -0.25) is 4.68 Å². The minimum Gasteiger partial charge on any atom is -0.330 e. The molecule has 0 radical (unpaired) electrons. The van der Waals surface area contributed by atoms with E-state index in [0.717, 1.165) is 0 Å². The summed E-state index contributed by atoms with van der Waals surface area (Å²) in [6, 6.07) is 6.28. The summed E-state index contributed by atoms with van der Waals surface area (Å²) in [7, 11) is 1.97. The van der Waals surface area contributed by atoms with Crippen LogP contribution in [0.3, 0.4) is 0 Å². The van der Waals surface area contributed by atoms with Gasteiger partial charge in [-0.05, 0) is 5.56 Å². The van der Waals surface area contributed by atoms with E-state index >= 15 is 0 Å². The van der Waals surface area contributed by atoms with Gasteiger partial charge in [0.15, 0.2) is 0 Å². The van der Waals surface area contributed by atoms with E-state index in [2.05, 4.69) is 37.1 Å². The van der Waals surface area contributed by atoms with Crippen LogP contribution in [-0.4, -0.2) is 16.3 Å². The second-order valence-electron chi connectivity index (χ2n) is 4.60. The van der Waals surface area contributed by atoms with Crippen LogP contribution in [0.25, 0.3) is 10.9 Å². The van der Waals surface area contributed by atoms with Crippen LogP contribution in [0.5, 0.6) is 0 Å². The predicted octanol–water partition coefficient (Wildman–Crippen LogP) is 1.81. The van der Waals surface area contributed by atoms with Crippen LogP contribution in [0.15, 0.2) is 24.4 Å². The van der Waals surface area contributed by atoms with Crippen molar-refractivity contribution in [2.45, 2.75) is 19.3 Å². The van der Waals surface area contributed by atoms with Crippen LogP contribution in [0, 0.1) is 0 Å². The van der Waals surface area contributed by atoms with Gasteiger partial charge < -0.3 is 5.73 Å². The van der Waals surface area contributed by atoms with E-state index in [1.165, 1.54) is 16.5 Å². The normalized spacial score (nSPS) is 12.3. The van der Waals surface area contributed by atoms with Crippen molar-refractivity contribution < 1.29 is 0 Å². The van der Waals surface area contributed by atoms with Crippen LogP contribution in [0.1, 0.15) is 19.4 Å². The first-order valence-electron chi connectivity index (χ1n) is 5.17. The van der Waals surface area contributed by atoms with Gasteiger partial charge in [-0.15, -0.1) is 0 Å². The van der Waals surface area contributed by atoms with Crippen molar-refractivity contribution >= 4 is 10.9 Å². The Bertz CT molecular complexity index is 483. The first-order chi connectivity index (χ1) is 7.06. The van der Waals surface area contributed by atoms with Gasteiger partial charge in [-0.25, -0.2) is 0 Å². The second kappa shape index (κ2) is 3.35. The van der Waals surface area contributed by atoms with Crippen LogP contribution >= 0.6 is 0 Å². The van der Waals surface area contributed by atoms with Crippen LogP contribution in [0.4, 0.5) is 0 Å². The Morgan fingerprint density at radius 1 is 1.40 bits per heavy atom. The summed E-state index contributed by atoms with van der Waals surface area (Å²) in [5, 5.41) is 5.46. The third-order valence-corrected chi connectivity index (χ3v) is 3.00. The first-order valence-corrected chi connectivity index (χ1v) is 5.17. The number of aryl methyl sites for hydroxylation is 1. The molecule has 0 amide bonds. The van der Waals surface area contributed by atoms with Gasteiger partial charge in [0.1, 0.15) is 0 Å². The lowest BCUT2D eigenvalue weighted by Gasteiger charge is -2.24. The molecular formula is C12H17N3. The van der Waals surface area contributed by atoms with Crippen molar-refractivity contribution in [3.63, 3.8) is 0 Å². The van der Waals surface area contributed by atoms with E-state index in [-0.39, 0.29) is 5.41 Å². The summed E-state index contributed by atoms with van der Waals surface area (Å²) in [6.07, 6.45) is 1.89. The monoisotopic (exact) mass is 203 g/mol. The summed E-state index contributed by atoms with van der Waals surface area (Å²) in [5.74, 6) is 0. The summed E-state index contributed by atoms with van der Waals surface area (Å²) in [5.41, 5.74) is 8.27. The molecule has 0 bridgehead atoms. The lowest BCUT2D eigenvalue weighted by atomic mass is 9.83. The average molecular weight is 203 g/mol. The molecule has 0 saturated carbocycles. The summed E-state index contributed by atoms with van der Waals surface area (Å²) < 4.78 is 1.92. The van der Waals surface area contributed by atoms with Crippen molar-refractivity contribution in [3.05, 3.63) is 30.0 Å². The first kappa shape index (κ1) is 10.2. The minimum atomic E-state index is -0.00664. The second-order valence-corrected chi connectivity index (χ2v) is 4.60. The highest BCUT2D eigenvalue weighted by Gasteiger charge is 2.22. The third-order valence-electron chi connectivity index (χ3n) is 3.00. The summed E-state index contributed by atoms with van der Waals surface area (Å²) in [4.78, 5) is 0. The molecule has 1 aromatic heterocycles. The van der Waals surface area contributed by atoms with E-state index in [0.29, 0.717) is 6.54 Å². The molecule has 3 heteroatoms. The number of fused-ring (bicyclic) bond motifs is 1. The molecule has 0 aliphatic rings. The maximum absolute atomic E-state index is 5.82. The zero-order valence-corrected chi connectivity index (χ0v) is 9.49. The Hall–Kier alpha value is -1.35. The highest BCUT2D eigenvalue weighted by molar-refractivity contribution is 5.82. The molecule has 15 heavy (non-hydrogen) atoms. The highest BCUT2D eigenvalue weighted by Crippen LogP contribution is 2.28. The molecule has 0 unspecified atom stereocenters. The van der Waals surface area contributed by atoms with Gasteiger partial charge in [-0.1, -0.05) is 32.0 Å². The fraction of sp³-hybridized carbons (Fsp3) is 0.417. The number of rotatable bonds is 2. The molecule has 0 saturated heterocycles. The van der Waals surface area contributed by atoms with Crippen molar-refractivity contribution in [2.24, 2.45) is 12.8 Å². The SMILES string of the molecule is Cn1ncc2cccc(C(C)(C)CN)c21. The lowest BCUT2D eigenvalue weighted by molar-refractivity contribution is 0.540. The van der Waals surface area contributed by atoms with Crippen LogP contribution in [-0.2, 0) is 12.5 Å². The molecule has 1 heterocycles. The Morgan fingerprint density at radius 3 is 2.80 bits per heavy atom. The summed E-state index contributed by atoms with van der Waals surface area (Å²) in [6.45, 7) is 4.96. The quantitative estimate of drug-likeness (QED) is 0.809. The van der Waals surface area contributed by atoms with E-state index in [1.54, 1.807) is 0 Å². The molecule has 0 spiro atoms.